The summed E-state index contributed by atoms with van der Waals surface area (Å²) >= 11 is 0. The summed E-state index contributed by atoms with van der Waals surface area (Å²) in [4.78, 5) is 30.6. The highest BCUT2D eigenvalue weighted by Crippen LogP contribution is 2.34. The van der Waals surface area contributed by atoms with Gasteiger partial charge in [0.15, 0.2) is 11.5 Å². The maximum Gasteiger partial charge on any atom is 0.254 e. The van der Waals surface area contributed by atoms with Crippen LogP contribution in [0.25, 0.3) is 0 Å². The van der Waals surface area contributed by atoms with E-state index in [1.807, 2.05) is 18.0 Å². The van der Waals surface area contributed by atoms with Gasteiger partial charge >= 0.3 is 0 Å². The van der Waals surface area contributed by atoms with Gasteiger partial charge in [-0.3, -0.25) is 9.59 Å². The summed E-state index contributed by atoms with van der Waals surface area (Å²) in [7, 11) is 1.81. The molecule has 3 aliphatic heterocycles. The Morgan fingerprint density at radius 1 is 0.964 bits per heavy atom. The summed E-state index contributed by atoms with van der Waals surface area (Å²) in [5, 5.41) is 0. The molecule has 0 spiro atoms. The molecule has 0 aromatic heterocycles. The molecule has 28 heavy (non-hydrogen) atoms. The van der Waals surface area contributed by atoms with Gasteiger partial charge in [-0.15, -0.1) is 0 Å². The van der Waals surface area contributed by atoms with Crippen LogP contribution in [0.5, 0.6) is 11.5 Å². The van der Waals surface area contributed by atoms with Crippen molar-refractivity contribution in [3.05, 3.63) is 47.5 Å². The Morgan fingerprint density at radius 3 is 2.57 bits per heavy atom. The summed E-state index contributed by atoms with van der Waals surface area (Å²) in [6.45, 7) is 3.04. The molecule has 144 valence electrons. The van der Waals surface area contributed by atoms with E-state index in [0.29, 0.717) is 36.6 Å². The van der Waals surface area contributed by atoms with Crippen molar-refractivity contribution in [1.29, 1.82) is 0 Å². The Hall–Kier alpha value is -3.22. The Bertz CT molecular complexity index is 966. The van der Waals surface area contributed by atoms with Gasteiger partial charge in [0, 0.05) is 50.2 Å². The van der Waals surface area contributed by atoms with Gasteiger partial charge in [0.2, 0.25) is 12.7 Å². The van der Waals surface area contributed by atoms with E-state index in [0.717, 1.165) is 30.0 Å². The maximum atomic E-state index is 12.8. The molecular formula is C21H21N3O4. The summed E-state index contributed by atoms with van der Waals surface area (Å²) in [6, 6.07) is 11.5. The van der Waals surface area contributed by atoms with E-state index in [4.69, 9.17) is 9.47 Å². The van der Waals surface area contributed by atoms with Gasteiger partial charge in [-0.2, -0.15) is 0 Å². The average Bonchev–Trinajstić information content (AvgIpc) is 3.31. The van der Waals surface area contributed by atoms with Crippen LogP contribution in [0.4, 0.5) is 11.4 Å². The van der Waals surface area contributed by atoms with Gasteiger partial charge in [-0.05, 0) is 42.0 Å². The van der Waals surface area contributed by atoms with E-state index in [-0.39, 0.29) is 18.6 Å². The third-order valence-electron chi connectivity index (χ3n) is 5.69. The number of nitrogens with zero attached hydrogens (tertiary/aromatic N) is 3. The topological polar surface area (TPSA) is 62.3 Å². The summed E-state index contributed by atoms with van der Waals surface area (Å²) in [5.74, 6) is 1.45. The van der Waals surface area contributed by atoms with Gasteiger partial charge in [0.25, 0.3) is 5.91 Å². The summed E-state index contributed by atoms with van der Waals surface area (Å²) in [5.41, 5.74) is 3.79. The van der Waals surface area contributed by atoms with Crippen molar-refractivity contribution in [2.75, 3.05) is 49.8 Å². The first-order chi connectivity index (χ1) is 13.6. The van der Waals surface area contributed by atoms with E-state index in [1.165, 1.54) is 0 Å². The number of hydrogen-bond donors (Lipinski definition) is 0. The zero-order valence-corrected chi connectivity index (χ0v) is 15.7. The molecule has 1 fully saturated rings. The van der Waals surface area contributed by atoms with Gasteiger partial charge in [0.05, 0.1) is 6.42 Å². The van der Waals surface area contributed by atoms with Crippen molar-refractivity contribution in [3.63, 3.8) is 0 Å². The number of amides is 2. The minimum atomic E-state index is 0.0131. The molecular weight excluding hydrogens is 358 g/mol. The third kappa shape index (κ3) is 2.74. The lowest BCUT2D eigenvalue weighted by atomic mass is 10.1. The fraction of sp³-hybridized carbons (Fsp3) is 0.333. The van der Waals surface area contributed by atoms with Crippen molar-refractivity contribution in [2.24, 2.45) is 0 Å². The van der Waals surface area contributed by atoms with E-state index >= 15 is 0 Å². The van der Waals surface area contributed by atoms with E-state index in [2.05, 4.69) is 17.0 Å². The first-order valence-electron chi connectivity index (χ1n) is 9.43. The first-order valence-corrected chi connectivity index (χ1v) is 9.43. The van der Waals surface area contributed by atoms with Crippen LogP contribution in [-0.4, -0.2) is 56.7 Å². The van der Waals surface area contributed by atoms with E-state index < -0.39 is 0 Å². The molecule has 0 radical (unpaired) electrons. The van der Waals surface area contributed by atoms with Crippen molar-refractivity contribution >= 4 is 23.2 Å². The molecule has 0 atom stereocenters. The number of likely N-dealkylation sites (N-methyl/N-ethyl adjacent to an activating group) is 1. The van der Waals surface area contributed by atoms with Crippen molar-refractivity contribution in [1.82, 2.24) is 4.90 Å². The maximum absolute atomic E-state index is 12.8. The summed E-state index contributed by atoms with van der Waals surface area (Å²) < 4.78 is 10.7. The smallest absolute Gasteiger partial charge is 0.254 e. The Balaban J connectivity index is 1.26. The summed E-state index contributed by atoms with van der Waals surface area (Å²) in [6.07, 6.45) is 0.461. The normalized spacial score (nSPS) is 17.9. The number of rotatable bonds is 2. The molecule has 0 bridgehead atoms. The standard InChI is InChI=1S/C21H21N3O4/c1-22-17-4-3-16(10-15(17)12-20(22)25)23-6-8-24(9-7-23)21(26)14-2-5-18-19(11-14)28-13-27-18/h2-5,10-11H,6-9,12-13H2,1H3. The molecule has 0 unspecified atom stereocenters. The molecule has 1 saturated heterocycles. The lowest BCUT2D eigenvalue weighted by Gasteiger charge is -2.36. The average molecular weight is 379 g/mol. The van der Waals surface area contributed by atoms with Crippen molar-refractivity contribution in [2.45, 2.75) is 6.42 Å². The number of carbonyl (C=O) groups excluding carboxylic acids is 2. The van der Waals surface area contributed by atoms with Crippen LogP contribution in [0.15, 0.2) is 36.4 Å². The molecule has 2 aromatic rings. The molecule has 2 aromatic carbocycles. The quantitative estimate of drug-likeness (QED) is 0.798. The minimum Gasteiger partial charge on any atom is -0.454 e. The van der Waals surface area contributed by atoms with E-state index in [1.54, 1.807) is 23.1 Å². The second-order valence-corrected chi connectivity index (χ2v) is 7.29. The Labute approximate surface area is 163 Å². The SMILES string of the molecule is CN1C(=O)Cc2cc(N3CCN(C(=O)c4ccc5c(c4)OCO5)CC3)ccc21. The largest absolute Gasteiger partial charge is 0.454 e. The zero-order chi connectivity index (χ0) is 19.3. The first kappa shape index (κ1) is 16.9. The van der Waals surface area contributed by atoms with Crippen LogP contribution < -0.4 is 19.3 Å². The molecule has 0 aliphatic carbocycles. The highest BCUT2D eigenvalue weighted by atomic mass is 16.7. The number of ether oxygens (including phenoxy) is 2. The number of benzene rings is 2. The molecule has 3 heterocycles. The second-order valence-electron chi connectivity index (χ2n) is 7.29. The van der Waals surface area contributed by atoms with Crippen LogP contribution in [0, 0.1) is 0 Å². The van der Waals surface area contributed by atoms with Crippen LogP contribution in [0.1, 0.15) is 15.9 Å². The fourth-order valence-corrected chi connectivity index (χ4v) is 4.03. The van der Waals surface area contributed by atoms with Crippen LogP contribution in [-0.2, 0) is 11.2 Å². The Kier molecular flexibility index (Phi) is 3.89. The number of anilines is 2. The monoisotopic (exact) mass is 379 g/mol. The van der Waals surface area contributed by atoms with Gasteiger partial charge in [-0.25, -0.2) is 0 Å². The van der Waals surface area contributed by atoms with Crippen LogP contribution in [0.2, 0.25) is 0 Å². The number of piperazine rings is 1. The van der Waals surface area contributed by atoms with Crippen molar-refractivity contribution < 1.29 is 19.1 Å². The molecule has 2 amide bonds. The third-order valence-corrected chi connectivity index (χ3v) is 5.69. The molecule has 0 saturated carbocycles. The predicted molar refractivity (Wildman–Crippen MR) is 104 cm³/mol. The van der Waals surface area contributed by atoms with Gasteiger partial charge in [0.1, 0.15) is 0 Å². The molecule has 7 nitrogen and oxygen atoms in total. The van der Waals surface area contributed by atoms with Crippen molar-refractivity contribution in [3.8, 4) is 11.5 Å². The lowest BCUT2D eigenvalue weighted by Crippen LogP contribution is -2.48. The minimum absolute atomic E-state index is 0.0131. The number of fused-ring (bicyclic) bond motifs is 2. The van der Waals surface area contributed by atoms with Gasteiger partial charge < -0.3 is 24.2 Å². The lowest BCUT2D eigenvalue weighted by molar-refractivity contribution is -0.117. The number of hydrogen-bond acceptors (Lipinski definition) is 5. The highest BCUT2D eigenvalue weighted by molar-refractivity contribution is 6.01. The molecule has 7 heteroatoms. The molecule has 0 N–H and O–H groups in total. The van der Waals surface area contributed by atoms with Crippen LogP contribution >= 0.6 is 0 Å². The predicted octanol–water partition coefficient (Wildman–Crippen LogP) is 1.90. The molecule has 5 rings (SSSR count). The van der Waals surface area contributed by atoms with Gasteiger partial charge in [-0.1, -0.05) is 0 Å². The molecule has 3 aliphatic rings. The highest BCUT2D eigenvalue weighted by Gasteiger charge is 2.27. The number of carbonyl (C=O) groups is 2. The second kappa shape index (κ2) is 6.44. The zero-order valence-electron chi connectivity index (χ0n) is 15.7. The Morgan fingerprint density at radius 2 is 1.75 bits per heavy atom. The van der Waals surface area contributed by atoms with E-state index in [9.17, 15) is 9.59 Å². The fourth-order valence-electron chi connectivity index (χ4n) is 4.03. The van der Waals surface area contributed by atoms with Crippen LogP contribution in [0.3, 0.4) is 0 Å².